The Labute approximate surface area is 105 Å². The summed E-state index contributed by atoms with van der Waals surface area (Å²) in [5.74, 6) is 0. The fourth-order valence-corrected chi connectivity index (χ4v) is 2.14. The highest BCUT2D eigenvalue weighted by atomic mass is 127. The molecule has 0 fully saturated rings. The molecule has 0 saturated heterocycles. The lowest BCUT2D eigenvalue weighted by molar-refractivity contribution is 0.586. The van der Waals surface area contributed by atoms with Gasteiger partial charge in [0, 0.05) is 0 Å². The van der Waals surface area contributed by atoms with Crippen molar-refractivity contribution in [2.24, 2.45) is 0 Å². The highest BCUT2D eigenvalue weighted by molar-refractivity contribution is 14.2. The van der Waals surface area contributed by atoms with Gasteiger partial charge in [-0.3, -0.25) is 0 Å². The van der Waals surface area contributed by atoms with Crippen LogP contribution in [0.2, 0.25) is 0 Å². The topological polar surface area (TPSA) is 0 Å². The maximum Gasteiger partial charge on any atom is 0.0626 e. The van der Waals surface area contributed by atoms with Crippen molar-refractivity contribution < 1.29 is 0 Å². The summed E-state index contributed by atoms with van der Waals surface area (Å²) < 4.78 is 0.843. The first kappa shape index (κ1) is 13.5. The Bertz CT molecular complexity index is 81.9. The van der Waals surface area contributed by atoms with E-state index in [2.05, 4.69) is 52.1 Å². The Morgan fingerprint density at radius 2 is 1.33 bits per heavy atom. The van der Waals surface area contributed by atoms with Crippen LogP contribution in [0.25, 0.3) is 0 Å². The summed E-state index contributed by atoms with van der Waals surface area (Å²) in [6, 6.07) is 0. The average Bonchev–Trinajstić information content (AvgIpc) is 2.02. The summed E-state index contributed by atoms with van der Waals surface area (Å²) in [5.41, 5.74) is 0. The van der Waals surface area contributed by atoms with E-state index in [4.69, 9.17) is 0 Å². The van der Waals surface area contributed by atoms with E-state index >= 15 is 0 Å². The predicted molar refractivity (Wildman–Crippen MR) is 74.4 cm³/mol. The maximum absolute atomic E-state index is 2.50. The molecule has 0 aliphatic heterocycles. The van der Waals surface area contributed by atoms with Gasteiger partial charge in [0.25, 0.3) is 0 Å². The molecule has 0 N–H and O–H groups in total. The Balaban J connectivity index is 2.82. The standard InChI is InChI=1S/C10H20I2/c1-2-3-4-5-6-7-8-9-10(11)12/h10H,2-9H2,1H3. The lowest BCUT2D eigenvalue weighted by Crippen LogP contribution is -1.85. The lowest BCUT2D eigenvalue weighted by Gasteiger charge is -2.01. The second-order valence-electron chi connectivity index (χ2n) is 3.30. The van der Waals surface area contributed by atoms with Gasteiger partial charge >= 0.3 is 0 Å². The molecule has 0 aromatic carbocycles. The minimum atomic E-state index is 0.843. The van der Waals surface area contributed by atoms with Crippen molar-refractivity contribution in [2.45, 2.75) is 60.2 Å². The molecule has 0 aliphatic rings. The molecule has 0 unspecified atom stereocenters. The highest BCUT2D eigenvalue weighted by Crippen LogP contribution is 2.18. The zero-order valence-electron chi connectivity index (χ0n) is 7.99. The molecule has 0 aliphatic carbocycles. The van der Waals surface area contributed by atoms with Crippen molar-refractivity contribution in [3.05, 3.63) is 0 Å². The van der Waals surface area contributed by atoms with E-state index < -0.39 is 0 Å². The average molecular weight is 394 g/mol. The molecule has 2 heteroatoms. The van der Waals surface area contributed by atoms with Crippen molar-refractivity contribution in [1.82, 2.24) is 0 Å². The molecule has 0 heterocycles. The third-order valence-corrected chi connectivity index (χ3v) is 3.27. The molecule has 0 amide bonds. The summed E-state index contributed by atoms with van der Waals surface area (Å²) in [7, 11) is 0. The normalized spacial score (nSPS) is 11.0. The molecule has 12 heavy (non-hydrogen) atoms. The molecule has 0 spiro atoms. The van der Waals surface area contributed by atoms with Crippen molar-refractivity contribution in [1.29, 1.82) is 0 Å². The van der Waals surface area contributed by atoms with Gasteiger partial charge < -0.3 is 0 Å². The first-order valence-electron chi connectivity index (χ1n) is 5.05. The molecular weight excluding hydrogens is 374 g/mol. The molecular formula is C10H20I2. The quantitative estimate of drug-likeness (QED) is 0.297. The van der Waals surface area contributed by atoms with Gasteiger partial charge in [-0.1, -0.05) is 97.1 Å². The van der Waals surface area contributed by atoms with Gasteiger partial charge in [-0.05, 0) is 6.42 Å². The zero-order chi connectivity index (χ0) is 9.23. The lowest BCUT2D eigenvalue weighted by atomic mass is 10.1. The van der Waals surface area contributed by atoms with Crippen LogP contribution in [-0.2, 0) is 0 Å². The van der Waals surface area contributed by atoms with Crippen LogP contribution in [0.1, 0.15) is 58.3 Å². The SMILES string of the molecule is CCCCCCCCCC(I)I. The molecule has 0 bridgehead atoms. The zero-order valence-corrected chi connectivity index (χ0v) is 12.3. The van der Waals surface area contributed by atoms with Gasteiger partial charge in [0.2, 0.25) is 0 Å². The molecule has 0 atom stereocenters. The first-order chi connectivity index (χ1) is 5.77. The van der Waals surface area contributed by atoms with E-state index in [1.54, 1.807) is 0 Å². The second-order valence-corrected chi connectivity index (χ2v) is 8.69. The fraction of sp³-hybridized carbons (Fsp3) is 1.00. The maximum atomic E-state index is 2.50. The van der Waals surface area contributed by atoms with E-state index in [-0.39, 0.29) is 0 Å². The summed E-state index contributed by atoms with van der Waals surface area (Å²) in [6.45, 7) is 2.27. The minimum Gasteiger partial charge on any atom is -0.0710 e. The predicted octanol–water partition coefficient (Wildman–Crippen LogP) is 5.32. The van der Waals surface area contributed by atoms with Gasteiger partial charge in [-0.25, -0.2) is 0 Å². The first-order valence-corrected chi connectivity index (χ1v) is 7.54. The van der Waals surface area contributed by atoms with Crippen molar-refractivity contribution in [3.8, 4) is 0 Å². The van der Waals surface area contributed by atoms with Crippen LogP contribution in [0, 0.1) is 0 Å². The van der Waals surface area contributed by atoms with Crippen LogP contribution in [0.3, 0.4) is 0 Å². The highest BCUT2D eigenvalue weighted by Gasteiger charge is 1.96. The minimum absolute atomic E-state index is 0.843. The number of alkyl halides is 2. The Morgan fingerprint density at radius 1 is 0.833 bits per heavy atom. The van der Waals surface area contributed by atoms with Crippen LogP contribution in [0.5, 0.6) is 0 Å². The van der Waals surface area contributed by atoms with Crippen LogP contribution in [0.15, 0.2) is 0 Å². The second kappa shape index (κ2) is 10.5. The number of halogens is 2. The van der Waals surface area contributed by atoms with Crippen molar-refractivity contribution in [3.63, 3.8) is 0 Å². The molecule has 0 rings (SSSR count). The van der Waals surface area contributed by atoms with E-state index in [9.17, 15) is 0 Å². The van der Waals surface area contributed by atoms with Crippen molar-refractivity contribution >= 4 is 45.2 Å². The molecule has 0 nitrogen and oxygen atoms in total. The smallest absolute Gasteiger partial charge is 0.0626 e. The largest absolute Gasteiger partial charge is 0.0710 e. The monoisotopic (exact) mass is 394 g/mol. The summed E-state index contributed by atoms with van der Waals surface area (Å²) in [6.07, 6.45) is 11.4. The van der Waals surface area contributed by atoms with Gasteiger partial charge in [0.05, 0.1) is 1.93 Å². The number of rotatable bonds is 8. The summed E-state index contributed by atoms with van der Waals surface area (Å²) in [4.78, 5) is 0. The third kappa shape index (κ3) is 11.5. The molecule has 0 aromatic rings. The fourth-order valence-electron chi connectivity index (χ4n) is 1.26. The molecule has 0 aromatic heterocycles. The number of hydrogen-bond acceptors (Lipinski definition) is 0. The van der Waals surface area contributed by atoms with Crippen LogP contribution < -0.4 is 0 Å². The van der Waals surface area contributed by atoms with Gasteiger partial charge in [0.1, 0.15) is 0 Å². The van der Waals surface area contributed by atoms with E-state index in [0.29, 0.717) is 0 Å². The Hall–Kier alpha value is 1.46. The molecule has 0 saturated carbocycles. The van der Waals surface area contributed by atoms with Crippen LogP contribution >= 0.6 is 45.2 Å². The van der Waals surface area contributed by atoms with Crippen molar-refractivity contribution in [2.75, 3.05) is 0 Å². The van der Waals surface area contributed by atoms with Crippen LogP contribution in [-0.4, -0.2) is 1.93 Å². The molecule has 74 valence electrons. The summed E-state index contributed by atoms with van der Waals surface area (Å²) in [5, 5.41) is 0. The van der Waals surface area contributed by atoms with Gasteiger partial charge in [0.15, 0.2) is 0 Å². The van der Waals surface area contributed by atoms with E-state index in [0.717, 1.165) is 1.93 Å². The van der Waals surface area contributed by atoms with E-state index in [1.165, 1.54) is 51.4 Å². The summed E-state index contributed by atoms with van der Waals surface area (Å²) >= 11 is 5.01. The Kier molecular flexibility index (Phi) is 11.8. The van der Waals surface area contributed by atoms with E-state index in [1.807, 2.05) is 0 Å². The van der Waals surface area contributed by atoms with Crippen LogP contribution in [0.4, 0.5) is 0 Å². The van der Waals surface area contributed by atoms with Gasteiger partial charge in [-0.2, -0.15) is 0 Å². The number of hydrogen-bond donors (Lipinski definition) is 0. The van der Waals surface area contributed by atoms with Gasteiger partial charge in [-0.15, -0.1) is 0 Å². The molecule has 0 radical (unpaired) electrons. The third-order valence-electron chi connectivity index (χ3n) is 2.03. The number of unbranched alkanes of at least 4 members (excludes halogenated alkanes) is 6. The Morgan fingerprint density at radius 3 is 1.83 bits per heavy atom.